The quantitative estimate of drug-likeness (QED) is 0.751. The molecule has 74 valence electrons. The van der Waals surface area contributed by atoms with Crippen LogP contribution in [-0.4, -0.2) is 15.6 Å². The third-order valence-corrected chi connectivity index (χ3v) is 2.28. The normalized spacial score (nSPS) is 10.1. The van der Waals surface area contributed by atoms with Gasteiger partial charge in [0.15, 0.2) is 0 Å². The maximum absolute atomic E-state index is 10.7. The predicted octanol–water partition coefficient (Wildman–Crippen LogP) is 1.97. The second-order valence-corrected chi connectivity index (χ2v) is 3.23. The van der Waals surface area contributed by atoms with Crippen molar-refractivity contribution in [2.75, 3.05) is 0 Å². The molecule has 0 aliphatic carbocycles. The molecule has 15 heavy (non-hydrogen) atoms. The maximum atomic E-state index is 10.7. The van der Waals surface area contributed by atoms with Gasteiger partial charge in [0.05, 0.1) is 12.1 Å². The zero-order chi connectivity index (χ0) is 10.8. The molecule has 0 aliphatic rings. The molecule has 0 bridgehead atoms. The van der Waals surface area contributed by atoms with Gasteiger partial charge in [-0.3, -0.25) is 0 Å². The molecule has 0 saturated carbocycles. The number of fused-ring (bicyclic) bond motifs is 1. The molecule has 2 aromatic rings. The Morgan fingerprint density at radius 2 is 2.27 bits per heavy atom. The van der Waals surface area contributed by atoms with Crippen LogP contribution in [-0.2, 0) is 6.54 Å². The Kier molecular flexibility index (Phi) is 2.18. The number of aromatic carboxylic acids is 1. The minimum Gasteiger partial charge on any atom is -0.478 e. The van der Waals surface area contributed by atoms with Gasteiger partial charge in [0.25, 0.3) is 0 Å². The summed E-state index contributed by atoms with van der Waals surface area (Å²) in [5.74, 6) is 1.63. The maximum Gasteiger partial charge on any atom is 0.335 e. The van der Waals surface area contributed by atoms with E-state index >= 15 is 0 Å². The van der Waals surface area contributed by atoms with E-state index in [-0.39, 0.29) is 0 Å². The highest BCUT2D eigenvalue weighted by Crippen LogP contribution is 2.17. The van der Waals surface area contributed by atoms with Gasteiger partial charge in [-0.2, -0.15) is 0 Å². The van der Waals surface area contributed by atoms with E-state index in [4.69, 9.17) is 11.5 Å². The number of aromatic nitrogens is 1. The number of hydrogen-bond acceptors (Lipinski definition) is 1. The van der Waals surface area contributed by atoms with Gasteiger partial charge in [0.2, 0.25) is 0 Å². The van der Waals surface area contributed by atoms with Crippen molar-refractivity contribution < 1.29 is 9.90 Å². The Morgan fingerprint density at radius 3 is 2.93 bits per heavy atom. The Hall–Kier alpha value is -2.21. The fourth-order valence-corrected chi connectivity index (χ4v) is 1.57. The van der Waals surface area contributed by atoms with Crippen molar-refractivity contribution in [2.45, 2.75) is 6.54 Å². The smallest absolute Gasteiger partial charge is 0.335 e. The minimum atomic E-state index is -0.915. The van der Waals surface area contributed by atoms with Crippen LogP contribution in [0.4, 0.5) is 0 Å². The highest BCUT2D eigenvalue weighted by Gasteiger charge is 2.05. The van der Waals surface area contributed by atoms with Gasteiger partial charge in [-0.05, 0) is 24.3 Å². The molecular formula is C12H9NO2. The average Bonchev–Trinajstić information content (AvgIpc) is 2.61. The van der Waals surface area contributed by atoms with Crippen LogP contribution in [0, 0.1) is 12.3 Å². The van der Waals surface area contributed by atoms with Crippen LogP contribution < -0.4 is 0 Å². The highest BCUT2D eigenvalue weighted by molar-refractivity contribution is 5.93. The van der Waals surface area contributed by atoms with E-state index in [0.717, 1.165) is 10.9 Å². The molecule has 2 rings (SSSR count). The molecule has 1 aromatic heterocycles. The third kappa shape index (κ3) is 1.57. The van der Waals surface area contributed by atoms with E-state index in [1.54, 1.807) is 18.2 Å². The number of benzene rings is 1. The fourth-order valence-electron chi connectivity index (χ4n) is 1.57. The summed E-state index contributed by atoms with van der Waals surface area (Å²) in [6.45, 7) is 0.496. The molecule has 0 saturated heterocycles. The molecule has 3 nitrogen and oxygen atoms in total. The Labute approximate surface area is 86.9 Å². The molecular weight excluding hydrogens is 190 g/mol. The first-order chi connectivity index (χ1) is 7.22. The van der Waals surface area contributed by atoms with Crippen LogP contribution in [0.25, 0.3) is 10.9 Å². The third-order valence-electron chi connectivity index (χ3n) is 2.28. The summed E-state index contributed by atoms with van der Waals surface area (Å²) >= 11 is 0. The topological polar surface area (TPSA) is 42.2 Å². The summed E-state index contributed by atoms with van der Waals surface area (Å²) in [4.78, 5) is 10.7. The molecule has 1 aromatic carbocycles. The predicted molar refractivity (Wildman–Crippen MR) is 57.7 cm³/mol. The summed E-state index contributed by atoms with van der Waals surface area (Å²) in [7, 11) is 0. The van der Waals surface area contributed by atoms with Crippen molar-refractivity contribution in [1.82, 2.24) is 4.57 Å². The van der Waals surface area contributed by atoms with E-state index in [9.17, 15) is 4.79 Å². The second-order valence-electron chi connectivity index (χ2n) is 3.23. The summed E-state index contributed by atoms with van der Waals surface area (Å²) in [6, 6.07) is 6.86. The molecule has 3 heteroatoms. The average molecular weight is 199 g/mol. The van der Waals surface area contributed by atoms with Crippen LogP contribution in [0.2, 0.25) is 0 Å². The van der Waals surface area contributed by atoms with E-state index in [1.807, 2.05) is 16.8 Å². The summed E-state index contributed by atoms with van der Waals surface area (Å²) in [5.41, 5.74) is 1.25. The summed E-state index contributed by atoms with van der Waals surface area (Å²) < 4.78 is 1.90. The van der Waals surface area contributed by atoms with Crippen LogP contribution in [0.5, 0.6) is 0 Å². The van der Waals surface area contributed by atoms with Gasteiger partial charge in [0.1, 0.15) is 0 Å². The van der Waals surface area contributed by atoms with Crippen molar-refractivity contribution in [2.24, 2.45) is 0 Å². The Morgan fingerprint density at radius 1 is 1.47 bits per heavy atom. The lowest BCUT2D eigenvalue weighted by Crippen LogP contribution is -1.96. The van der Waals surface area contributed by atoms with Crippen molar-refractivity contribution in [3.63, 3.8) is 0 Å². The zero-order valence-electron chi connectivity index (χ0n) is 7.97. The van der Waals surface area contributed by atoms with Crippen molar-refractivity contribution >= 4 is 16.9 Å². The Bertz CT molecular complexity index is 560. The fraction of sp³-hybridized carbons (Fsp3) is 0.0833. The van der Waals surface area contributed by atoms with Gasteiger partial charge in [-0.15, -0.1) is 6.42 Å². The molecule has 1 N–H and O–H groups in total. The first-order valence-electron chi connectivity index (χ1n) is 4.48. The van der Waals surface area contributed by atoms with Gasteiger partial charge >= 0.3 is 5.97 Å². The molecule has 0 spiro atoms. The lowest BCUT2D eigenvalue weighted by Gasteiger charge is -2.00. The molecule has 0 unspecified atom stereocenters. The van der Waals surface area contributed by atoms with Gasteiger partial charge in [0, 0.05) is 17.1 Å². The van der Waals surface area contributed by atoms with Gasteiger partial charge in [-0.1, -0.05) is 5.92 Å². The molecule has 0 aliphatic heterocycles. The molecule has 0 radical (unpaired) electrons. The monoisotopic (exact) mass is 199 g/mol. The number of carboxylic acids is 1. The standard InChI is InChI=1S/C12H9NO2/c1-2-6-13-7-5-9-8-10(12(14)15)3-4-11(9)13/h1,3-5,7-8H,6H2,(H,14,15). The number of carboxylic acid groups (broad SMARTS) is 1. The number of rotatable bonds is 2. The van der Waals surface area contributed by atoms with E-state index < -0.39 is 5.97 Å². The number of nitrogens with zero attached hydrogens (tertiary/aromatic N) is 1. The first-order valence-corrected chi connectivity index (χ1v) is 4.48. The van der Waals surface area contributed by atoms with Crippen molar-refractivity contribution in [3.8, 4) is 12.3 Å². The molecule has 0 amide bonds. The van der Waals surface area contributed by atoms with Gasteiger partial charge < -0.3 is 9.67 Å². The van der Waals surface area contributed by atoms with Crippen LogP contribution >= 0.6 is 0 Å². The van der Waals surface area contributed by atoms with Crippen molar-refractivity contribution in [1.29, 1.82) is 0 Å². The Balaban J connectivity index is 2.57. The summed E-state index contributed by atoms with van der Waals surface area (Å²) in [6.07, 6.45) is 7.08. The minimum absolute atomic E-state index is 0.293. The number of terminal acetylenes is 1. The first kappa shape index (κ1) is 9.35. The highest BCUT2D eigenvalue weighted by atomic mass is 16.4. The summed E-state index contributed by atoms with van der Waals surface area (Å²) in [5, 5.41) is 9.71. The second kappa shape index (κ2) is 3.50. The van der Waals surface area contributed by atoms with Crippen LogP contribution in [0.3, 0.4) is 0 Å². The molecule has 0 atom stereocenters. The van der Waals surface area contributed by atoms with E-state index in [2.05, 4.69) is 5.92 Å². The lowest BCUT2D eigenvalue weighted by molar-refractivity contribution is 0.0697. The van der Waals surface area contributed by atoms with E-state index in [1.165, 1.54) is 0 Å². The van der Waals surface area contributed by atoms with Crippen molar-refractivity contribution in [3.05, 3.63) is 36.0 Å². The SMILES string of the molecule is C#CCn1ccc2cc(C(=O)O)ccc21. The molecule has 0 fully saturated rings. The van der Waals surface area contributed by atoms with Crippen LogP contribution in [0.15, 0.2) is 30.5 Å². The lowest BCUT2D eigenvalue weighted by atomic mass is 10.1. The van der Waals surface area contributed by atoms with Gasteiger partial charge in [-0.25, -0.2) is 4.79 Å². The molecule has 1 heterocycles. The van der Waals surface area contributed by atoms with Crippen LogP contribution in [0.1, 0.15) is 10.4 Å². The zero-order valence-corrected chi connectivity index (χ0v) is 7.97. The number of carbonyl (C=O) groups is 1. The number of hydrogen-bond donors (Lipinski definition) is 1. The van der Waals surface area contributed by atoms with E-state index in [0.29, 0.717) is 12.1 Å². The largest absolute Gasteiger partial charge is 0.478 e.